The van der Waals surface area contributed by atoms with Crippen LogP contribution in [0.1, 0.15) is 20.8 Å². The molecule has 0 spiro atoms. The smallest absolute Gasteiger partial charge is 0.412 e. The summed E-state index contributed by atoms with van der Waals surface area (Å²) >= 11 is 0. The third-order valence-corrected chi connectivity index (χ3v) is 2.61. The van der Waals surface area contributed by atoms with Crippen LogP contribution in [-0.4, -0.2) is 51.3 Å². The van der Waals surface area contributed by atoms with Gasteiger partial charge in [0.25, 0.3) is 0 Å². The molecule has 3 N–H and O–H groups in total. The summed E-state index contributed by atoms with van der Waals surface area (Å²) in [4.78, 5) is 11.7. The molecule has 0 bridgehead atoms. The fourth-order valence-corrected chi connectivity index (χ4v) is 1.71. The van der Waals surface area contributed by atoms with Crippen LogP contribution in [0.3, 0.4) is 0 Å². The summed E-state index contributed by atoms with van der Waals surface area (Å²) in [5, 5.41) is 2.67. The fraction of sp³-hybridized carbons (Fsp3) is 0.588. The molecule has 0 aliphatic carbocycles. The second-order valence-corrected chi connectivity index (χ2v) is 6.02. The molecule has 136 valence electrons. The van der Waals surface area contributed by atoms with Crippen molar-refractivity contribution in [1.82, 2.24) is 0 Å². The molecule has 0 saturated carbocycles. The number of anilines is 1. The molecule has 0 atom stereocenters. The number of nitrogens with one attached hydrogen (secondary N) is 1. The lowest BCUT2D eigenvalue weighted by Gasteiger charge is -2.19. The minimum absolute atomic E-state index is 0.410. The quantitative estimate of drug-likeness (QED) is 0.636. The van der Waals surface area contributed by atoms with Crippen molar-refractivity contribution in [2.45, 2.75) is 26.4 Å². The normalized spacial score (nSPS) is 11.2. The summed E-state index contributed by atoms with van der Waals surface area (Å²) in [5.41, 5.74) is 5.38. The van der Waals surface area contributed by atoms with Crippen LogP contribution in [0.5, 0.6) is 5.75 Å². The molecular formula is C17H28N2O5. The van der Waals surface area contributed by atoms with Crippen LogP contribution in [0.4, 0.5) is 10.5 Å². The Morgan fingerprint density at radius 1 is 1.08 bits per heavy atom. The van der Waals surface area contributed by atoms with Gasteiger partial charge in [-0.3, -0.25) is 5.32 Å². The lowest BCUT2D eigenvalue weighted by molar-refractivity contribution is 0.0388. The lowest BCUT2D eigenvalue weighted by atomic mass is 10.2. The zero-order valence-corrected chi connectivity index (χ0v) is 14.7. The predicted octanol–water partition coefficient (Wildman–Crippen LogP) is 2.40. The number of carbonyl (C=O) groups is 1. The third-order valence-electron chi connectivity index (χ3n) is 2.61. The van der Waals surface area contributed by atoms with Crippen LogP contribution in [-0.2, 0) is 14.2 Å². The van der Waals surface area contributed by atoms with E-state index in [2.05, 4.69) is 5.32 Å². The van der Waals surface area contributed by atoms with Gasteiger partial charge in [-0.25, -0.2) is 4.79 Å². The van der Waals surface area contributed by atoms with E-state index in [9.17, 15) is 4.79 Å². The van der Waals surface area contributed by atoms with E-state index in [0.29, 0.717) is 51.0 Å². The van der Waals surface area contributed by atoms with Crippen molar-refractivity contribution in [2.75, 3.05) is 44.9 Å². The third kappa shape index (κ3) is 10.0. The summed E-state index contributed by atoms with van der Waals surface area (Å²) in [6.07, 6.45) is -0.500. The van der Waals surface area contributed by atoms with E-state index in [1.165, 1.54) is 0 Å². The molecule has 7 nitrogen and oxygen atoms in total. The van der Waals surface area contributed by atoms with Gasteiger partial charge < -0.3 is 24.7 Å². The molecule has 1 amide bonds. The van der Waals surface area contributed by atoms with E-state index >= 15 is 0 Å². The molecule has 7 heteroatoms. The first kappa shape index (κ1) is 20.2. The predicted molar refractivity (Wildman–Crippen MR) is 92.5 cm³/mol. The Balaban J connectivity index is 2.26. The molecule has 0 radical (unpaired) electrons. The van der Waals surface area contributed by atoms with Crippen LogP contribution in [0.25, 0.3) is 0 Å². The van der Waals surface area contributed by atoms with Gasteiger partial charge in [0.1, 0.15) is 18.0 Å². The van der Waals surface area contributed by atoms with Crippen LogP contribution in [0, 0.1) is 0 Å². The molecular weight excluding hydrogens is 312 g/mol. The maximum Gasteiger partial charge on any atom is 0.412 e. The van der Waals surface area contributed by atoms with Gasteiger partial charge in [0.15, 0.2) is 0 Å². The van der Waals surface area contributed by atoms with Crippen molar-refractivity contribution >= 4 is 11.8 Å². The Labute approximate surface area is 143 Å². The van der Waals surface area contributed by atoms with Gasteiger partial charge >= 0.3 is 6.09 Å². The van der Waals surface area contributed by atoms with Gasteiger partial charge in [-0.1, -0.05) is 6.07 Å². The highest BCUT2D eigenvalue weighted by atomic mass is 16.6. The summed E-state index contributed by atoms with van der Waals surface area (Å²) in [6, 6.07) is 7.10. The Kier molecular flexibility index (Phi) is 9.14. The summed E-state index contributed by atoms with van der Waals surface area (Å²) < 4.78 is 21.3. The molecule has 1 aromatic rings. The van der Waals surface area contributed by atoms with E-state index < -0.39 is 11.7 Å². The minimum Gasteiger partial charge on any atom is -0.491 e. The highest BCUT2D eigenvalue weighted by Crippen LogP contribution is 2.18. The molecule has 0 fully saturated rings. The highest BCUT2D eigenvalue weighted by Gasteiger charge is 2.16. The molecule has 0 aliphatic rings. The number of amides is 1. The summed E-state index contributed by atoms with van der Waals surface area (Å²) in [7, 11) is 0. The summed E-state index contributed by atoms with van der Waals surface area (Å²) in [6.45, 7) is 8.38. The standard InChI is InChI=1S/C17H28N2O5/c1-17(2,3)24-16(20)19-14-5-4-6-15(13-14)23-12-11-22-10-9-21-8-7-18/h4-6,13H,7-12,18H2,1-3H3,(H,19,20). The fourth-order valence-electron chi connectivity index (χ4n) is 1.71. The van der Waals surface area contributed by atoms with Crippen molar-refractivity contribution in [3.63, 3.8) is 0 Å². The number of benzene rings is 1. The van der Waals surface area contributed by atoms with Gasteiger partial charge in [-0.2, -0.15) is 0 Å². The molecule has 0 aliphatic heterocycles. The van der Waals surface area contributed by atoms with Crippen molar-refractivity contribution in [2.24, 2.45) is 5.73 Å². The SMILES string of the molecule is CC(C)(C)OC(=O)Nc1cccc(OCCOCCOCCN)c1. The summed E-state index contributed by atoms with van der Waals surface area (Å²) in [5.74, 6) is 0.645. The first-order chi connectivity index (χ1) is 11.4. The second kappa shape index (κ2) is 10.9. The number of carbonyl (C=O) groups excluding carboxylic acids is 1. The second-order valence-electron chi connectivity index (χ2n) is 6.02. The average molecular weight is 340 g/mol. The monoisotopic (exact) mass is 340 g/mol. The van der Waals surface area contributed by atoms with Crippen molar-refractivity contribution < 1.29 is 23.7 Å². The van der Waals surface area contributed by atoms with Gasteiger partial charge in [0, 0.05) is 18.3 Å². The lowest BCUT2D eigenvalue weighted by Crippen LogP contribution is -2.27. The van der Waals surface area contributed by atoms with Crippen molar-refractivity contribution in [3.8, 4) is 5.75 Å². The van der Waals surface area contributed by atoms with Gasteiger partial charge in [-0.15, -0.1) is 0 Å². The zero-order valence-electron chi connectivity index (χ0n) is 14.7. The first-order valence-corrected chi connectivity index (χ1v) is 7.99. The van der Waals surface area contributed by atoms with Gasteiger partial charge in [0.05, 0.1) is 26.4 Å². The molecule has 1 aromatic carbocycles. The Bertz CT molecular complexity index is 488. The number of ether oxygens (including phenoxy) is 4. The Morgan fingerprint density at radius 3 is 2.42 bits per heavy atom. The van der Waals surface area contributed by atoms with E-state index in [1.807, 2.05) is 26.8 Å². The Hall–Kier alpha value is -1.83. The maximum absolute atomic E-state index is 11.7. The highest BCUT2D eigenvalue weighted by molar-refractivity contribution is 5.85. The van der Waals surface area contributed by atoms with Crippen molar-refractivity contribution in [1.29, 1.82) is 0 Å². The average Bonchev–Trinajstić information content (AvgIpc) is 2.48. The Morgan fingerprint density at radius 2 is 1.75 bits per heavy atom. The van der Waals surface area contributed by atoms with E-state index in [-0.39, 0.29) is 0 Å². The van der Waals surface area contributed by atoms with E-state index in [1.54, 1.807) is 18.2 Å². The van der Waals surface area contributed by atoms with Crippen LogP contribution < -0.4 is 15.8 Å². The number of rotatable bonds is 10. The number of nitrogens with two attached hydrogens (primary N) is 1. The number of hydrogen-bond acceptors (Lipinski definition) is 6. The van der Waals surface area contributed by atoms with E-state index in [4.69, 9.17) is 24.7 Å². The van der Waals surface area contributed by atoms with Gasteiger partial charge in [0.2, 0.25) is 0 Å². The molecule has 0 heterocycles. The van der Waals surface area contributed by atoms with Crippen molar-refractivity contribution in [3.05, 3.63) is 24.3 Å². The van der Waals surface area contributed by atoms with Crippen LogP contribution in [0.2, 0.25) is 0 Å². The number of hydrogen-bond donors (Lipinski definition) is 2. The van der Waals surface area contributed by atoms with Crippen LogP contribution in [0.15, 0.2) is 24.3 Å². The topological polar surface area (TPSA) is 92.0 Å². The van der Waals surface area contributed by atoms with E-state index in [0.717, 1.165) is 0 Å². The maximum atomic E-state index is 11.7. The minimum atomic E-state index is -0.538. The molecule has 0 aromatic heterocycles. The zero-order chi connectivity index (χ0) is 17.8. The molecule has 0 unspecified atom stereocenters. The largest absolute Gasteiger partial charge is 0.491 e. The van der Waals surface area contributed by atoms with Crippen LogP contribution >= 0.6 is 0 Å². The molecule has 0 saturated heterocycles. The molecule has 1 rings (SSSR count). The van der Waals surface area contributed by atoms with Gasteiger partial charge in [-0.05, 0) is 32.9 Å². The molecule has 24 heavy (non-hydrogen) atoms. The first-order valence-electron chi connectivity index (χ1n) is 7.99.